The second-order valence-electron chi connectivity index (χ2n) is 6.80. The van der Waals surface area contributed by atoms with E-state index in [9.17, 15) is 4.39 Å². The van der Waals surface area contributed by atoms with Crippen molar-refractivity contribution in [2.24, 2.45) is 4.99 Å². The number of hydrogen-bond acceptors (Lipinski definition) is 3. The molecule has 4 heteroatoms. The van der Waals surface area contributed by atoms with Crippen LogP contribution in [0, 0.1) is 5.82 Å². The highest BCUT2D eigenvalue weighted by molar-refractivity contribution is 6.03. The molecule has 0 spiro atoms. The molecular weight excluding hydrogens is 377 g/mol. The Morgan fingerprint density at radius 1 is 0.867 bits per heavy atom. The van der Waals surface area contributed by atoms with Crippen molar-refractivity contribution < 1.29 is 13.9 Å². The standard InChI is InChI=1S/C26H22FNO2/c1-2-29-23-13-11-22(12-14-23)28-17-25-24-9-4-3-7-20(24)10-15-26(25)30-18-19-6-5-8-21(27)16-19/h3-17H,2,18H2,1H3. The fourth-order valence-electron chi connectivity index (χ4n) is 3.26. The number of halogens is 1. The molecule has 0 bridgehead atoms. The third kappa shape index (κ3) is 4.66. The molecule has 0 fully saturated rings. The molecule has 0 heterocycles. The van der Waals surface area contributed by atoms with Crippen LogP contribution >= 0.6 is 0 Å². The molecule has 0 unspecified atom stereocenters. The fourth-order valence-corrected chi connectivity index (χ4v) is 3.26. The van der Waals surface area contributed by atoms with Crippen LogP contribution in [-0.2, 0) is 6.61 Å². The van der Waals surface area contributed by atoms with E-state index in [1.807, 2.05) is 73.8 Å². The molecular formula is C26H22FNO2. The maximum atomic E-state index is 13.5. The minimum Gasteiger partial charge on any atom is -0.494 e. The summed E-state index contributed by atoms with van der Waals surface area (Å²) in [7, 11) is 0. The molecule has 30 heavy (non-hydrogen) atoms. The van der Waals surface area contributed by atoms with Gasteiger partial charge in [-0.3, -0.25) is 4.99 Å². The topological polar surface area (TPSA) is 30.8 Å². The van der Waals surface area contributed by atoms with Crippen LogP contribution in [0.4, 0.5) is 10.1 Å². The number of benzene rings is 4. The van der Waals surface area contributed by atoms with E-state index in [0.29, 0.717) is 12.4 Å². The number of ether oxygens (including phenoxy) is 2. The quantitative estimate of drug-likeness (QED) is 0.324. The Morgan fingerprint density at radius 2 is 1.70 bits per heavy atom. The van der Waals surface area contributed by atoms with E-state index in [2.05, 4.69) is 11.1 Å². The van der Waals surface area contributed by atoms with Gasteiger partial charge in [0.2, 0.25) is 0 Å². The number of hydrogen-bond donors (Lipinski definition) is 0. The van der Waals surface area contributed by atoms with Crippen molar-refractivity contribution in [3.63, 3.8) is 0 Å². The minimum absolute atomic E-state index is 0.271. The van der Waals surface area contributed by atoms with E-state index in [1.165, 1.54) is 12.1 Å². The zero-order valence-corrected chi connectivity index (χ0v) is 16.7. The molecule has 0 amide bonds. The van der Waals surface area contributed by atoms with Gasteiger partial charge >= 0.3 is 0 Å². The van der Waals surface area contributed by atoms with E-state index in [0.717, 1.165) is 33.3 Å². The lowest BCUT2D eigenvalue weighted by atomic mass is 10.0. The summed E-state index contributed by atoms with van der Waals surface area (Å²) >= 11 is 0. The van der Waals surface area contributed by atoms with Crippen molar-refractivity contribution in [2.45, 2.75) is 13.5 Å². The average molecular weight is 399 g/mol. The third-order valence-corrected chi connectivity index (χ3v) is 4.70. The summed E-state index contributed by atoms with van der Waals surface area (Å²) < 4.78 is 25.0. The second-order valence-corrected chi connectivity index (χ2v) is 6.80. The molecule has 4 aromatic rings. The Bertz CT molecular complexity index is 1170. The SMILES string of the molecule is CCOc1ccc(N=Cc2c(OCc3cccc(F)c3)ccc3ccccc23)cc1. The van der Waals surface area contributed by atoms with Gasteiger partial charge in [0, 0.05) is 11.8 Å². The maximum absolute atomic E-state index is 13.5. The highest BCUT2D eigenvalue weighted by atomic mass is 19.1. The van der Waals surface area contributed by atoms with Crippen LogP contribution in [0.3, 0.4) is 0 Å². The third-order valence-electron chi connectivity index (χ3n) is 4.70. The highest BCUT2D eigenvalue weighted by Crippen LogP contribution is 2.28. The Balaban J connectivity index is 1.64. The average Bonchev–Trinajstić information content (AvgIpc) is 2.77. The van der Waals surface area contributed by atoms with E-state index in [-0.39, 0.29) is 12.4 Å². The molecule has 0 N–H and O–H groups in total. The molecule has 0 aliphatic heterocycles. The summed E-state index contributed by atoms with van der Waals surface area (Å²) in [4.78, 5) is 4.64. The van der Waals surface area contributed by atoms with Crippen LogP contribution in [-0.4, -0.2) is 12.8 Å². The normalized spacial score (nSPS) is 11.1. The van der Waals surface area contributed by atoms with Crippen molar-refractivity contribution in [1.29, 1.82) is 0 Å². The van der Waals surface area contributed by atoms with E-state index in [4.69, 9.17) is 9.47 Å². The van der Waals surface area contributed by atoms with Crippen molar-refractivity contribution >= 4 is 22.7 Å². The molecule has 0 radical (unpaired) electrons. The van der Waals surface area contributed by atoms with Crippen LogP contribution in [0.1, 0.15) is 18.1 Å². The second kappa shape index (κ2) is 9.23. The van der Waals surface area contributed by atoms with Gasteiger partial charge in [-0.05, 0) is 65.7 Å². The predicted molar refractivity (Wildman–Crippen MR) is 120 cm³/mol. The Hall–Kier alpha value is -3.66. The van der Waals surface area contributed by atoms with Gasteiger partial charge in [0.25, 0.3) is 0 Å². The molecule has 4 aromatic carbocycles. The zero-order chi connectivity index (χ0) is 20.8. The van der Waals surface area contributed by atoms with Gasteiger partial charge in [0.05, 0.1) is 12.3 Å². The summed E-state index contributed by atoms with van der Waals surface area (Å²) in [5.41, 5.74) is 2.48. The summed E-state index contributed by atoms with van der Waals surface area (Å²) in [5, 5.41) is 2.15. The molecule has 3 nitrogen and oxygen atoms in total. The first-order chi connectivity index (χ1) is 14.7. The van der Waals surface area contributed by atoms with Crippen molar-refractivity contribution in [3.05, 3.63) is 102 Å². The summed E-state index contributed by atoms with van der Waals surface area (Å²) in [6.45, 7) is 2.86. The molecule has 0 aromatic heterocycles. The van der Waals surface area contributed by atoms with Gasteiger partial charge in [0.15, 0.2) is 0 Å². The van der Waals surface area contributed by atoms with Crippen LogP contribution in [0.15, 0.2) is 89.9 Å². The maximum Gasteiger partial charge on any atom is 0.129 e. The molecule has 0 aliphatic rings. The number of nitrogens with zero attached hydrogens (tertiary/aromatic N) is 1. The summed E-state index contributed by atoms with van der Waals surface area (Å²) in [6.07, 6.45) is 1.82. The van der Waals surface area contributed by atoms with Gasteiger partial charge in [-0.2, -0.15) is 0 Å². The van der Waals surface area contributed by atoms with E-state index < -0.39 is 0 Å². The molecule has 0 atom stereocenters. The minimum atomic E-state index is -0.271. The van der Waals surface area contributed by atoms with Crippen molar-refractivity contribution in [3.8, 4) is 11.5 Å². The van der Waals surface area contributed by atoms with Crippen molar-refractivity contribution in [2.75, 3.05) is 6.61 Å². The largest absolute Gasteiger partial charge is 0.494 e. The first kappa shape index (κ1) is 19.6. The zero-order valence-electron chi connectivity index (χ0n) is 16.7. The van der Waals surface area contributed by atoms with Crippen LogP contribution in [0.25, 0.3) is 10.8 Å². The van der Waals surface area contributed by atoms with E-state index >= 15 is 0 Å². The number of fused-ring (bicyclic) bond motifs is 1. The molecule has 150 valence electrons. The van der Waals surface area contributed by atoms with Crippen LogP contribution in [0.5, 0.6) is 11.5 Å². The molecule has 0 saturated carbocycles. The summed E-state index contributed by atoms with van der Waals surface area (Å²) in [6, 6.07) is 26.1. The number of rotatable bonds is 7. The molecule has 0 aliphatic carbocycles. The Morgan fingerprint density at radius 3 is 2.50 bits per heavy atom. The first-order valence-electron chi connectivity index (χ1n) is 9.89. The van der Waals surface area contributed by atoms with Crippen molar-refractivity contribution in [1.82, 2.24) is 0 Å². The van der Waals surface area contributed by atoms with Gasteiger partial charge in [-0.15, -0.1) is 0 Å². The van der Waals surface area contributed by atoms with Gasteiger partial charge in [0.1, 0.15) is 23.9 Å². The Labute approximate surface area is 175 Å². The molecule has 0 saturated heterocycles. The number of aliphatic imine (C=N–C) groups is 1. The van der Waals surface area contributed by atoms with Crippen LogP contribution < -0.4 is 9.47 Å². The summed E-state index contributed by atoms with van der Waals surface area (Å²) in [5.74, 6) is 1.25. The van der Waals surface area contributed by atoms with E-state index in [1.54, 1.807) is 6.07 Å². The van der Waals surface area contributed by atoms with Crippen LogP contribution in [0.2, 0.25) is 0 Å². The first-order valence-corrected chi connectivity index (χ1v) is 9.89. The smallest absolute Gasteiger partial charge is 0.129 e. The van der Waals surface area contributed by atoms with Gasteiger partial charge < -0.3 is 9.47 Å². The van der Waals surface area contributed by atoms with Gasteiger partial charge in [-0.1, -0.05) is 42.5 Å². The highest BCUT2D eigenvalue weighted by Gasteiger charge is 2.08. The lowest BCUT2D eigenvalue weighted by Crippen LogP contribution is -1.99. The predicted octanol–water partition coefficient (Wildman–Crippen LogP) is 6.71. The Kier molecular flexibility index (Phi) is 6.04. The monoisotopic (exact) mass is 399 g/mol. The lowest BCUT2D eigenvalue weighted by molar-refractivity contribution is 0.305. The van der Waals surface area contributed by atoms with Gasteiger partial charge in [-0.25, -0.2) is 4.39 Å². The lowest BCUT2D eigenvalue weighted by Gasteiger charge is -2.12. The fraction of sp³-hybridized carbons (Fsp3) is 0.115. The molecule has 4 rings (SSSR count).